The lowest BCUT2D eigenvalue weighted by Gasteiger charge is -2.19. The van der Waals surface area contributed by atoms with Gasteiger partial charge in [-0.2, -0.15) is 0 Å². The van der Waals surface area contributed by atoms with Crippen molar-refractivity contribution in [3.63, 3.8) is 0 Å². The van der Waals surface area contributed by atoms with Gasteiger partial charge in [0.1, 0.15) is 5.75 Å². The largest absolute Gasteiger partial charge is 0.479 e. The molecule has 6 nitrogen and oxygen atoms in total. The SMILES string of the molecule is CCOC(=O)C(C)Oc1ccc(CN2C=CN(C(C)=O)C2)cc1. The lowest BCUT2D eigenvalue weighted by Crippen LogP contribution is -2.28. The van der Waals surface area contributed by atoms with Gasteiger partial charge in [0, 0.05) is 25.9 Å². The maximum absolute atomic E-state index is 11.5. The van der Waals surface area contributed by atoms with Gasteiger partial charge in [0.2, 0.25) is 5.91 Å². The average Bonchev–Trinajstić information content (AvgIpc) is 2.98. The van der Waals surface area contributed by atoms with Gasteiger partial charge in [-0.3, -0.25) is 9.69 Å². The molecule has 0 bridgehead atoms. The van der Waals surface area contributed by atoms with Crippen LogP contribution in [0.1, 0.15) is 26.3 Å². The second-order valence-electron chi connectivity index (χ2n) is 5.33. The third-order valence-corrected chi connectivity index (χ3v) is 3.44. The van der Waals surface area contributed by atoms with E-state index in [1.54, 1.807) is 31.9 Å². The van der Waals surface area contributed by atoms with Crippen LogP contribution in [0.2, 0.25) is 0 Å². The van der Waals surface area contributed by atoms with E-state index in [2.05, 4.69) is 0 Å². The molecule has 1 aromatic carbocycles. The number of carbonyl (C=O) groups is 2. The van der Waals surface area contributed by atoms with Crippen molar-refractivity contribution >= 4 is 11.9 Å². The van der Waals surface area contributed by atoms with Crippen LogP contribution in [0, 0.1) is 0 Å². The fourth-order valence-corrected chi connectivity index (χ4v) is 2.19. The first-order valence-corrected chi connectivity index (χ1v) is 7.61. The number of hydrogen-bond donors (Lipinski definition) is 0. The molecule has 124 valence electrons. The van der Waals surface area contributed by atoms with Crippen LogP contribution in [-0.2, 0) is 20.9 Å². The van der Waals surface area contributed by atoms with Crippen LogP contribution in [0.25, 0.3) is 0 Å². The number of ether oxygens (including phenoxy) is 2. The van der Waals surface area contributed by atoms with Gasteiger partial charge in [-0.15, -0.1) is 0 Å². The molecular weight excluding hydrogens is 296 g/mol. The predicted octanol–water partition coefficient (Wildman–Crippen LogP) is 2.11. The summed E-state index contributed by atoms with van der Waals surface area (Å²) in [5, 5.41) is 0. The highest BCUT2D eigenvalue weighted by atomic mass is 16.6. The molecular formula is C17H22N2O4. The minimum Gasteiger partial charge on any atom is -0.479 e. The highest BCUT2D eigenvalue weighted by molar-refractivity contribution is 5.75. The molecule has 6 heteroatoms. The topological polar surface area (TPSA) is 59.1 Å². The van der Waals surface area contributed by atoms with E-state index in [1.807, 2.05) is 35.4 Å². The summed E-state index contributed by atoms with van der Waals surface area (Å²) in [4.78, 5) is 26.5. The van der Waals surface area contributed by atoms with Gasteiger partial charge in [0.15, 0.2) is 6.10 Å². The molecule has 23 heavy (non-hydrogen) atoms. The summed E-state index contributed by atoms with van der Waals surface area (Å²) in [6.07, 6.45) is 3.04. The predicted molar refractivity (Wildman–Crippen MR) is 85.2 cm³/mol. The zero-order chi connectivity index (χ0) is 16.8. The summed E-state index contributed by atoms with van der Waals surface area (Å²) < 4.78 is 10.5. The number of nitrogens with zero attached hydrogens (tertiary/aromatic N) is 2. The van der Waals surface area contributed by atoms with Crippen molar-refractivity contribution in [2.24, 2.45) is 0 Å². The Balaban J connectivity index is 1.87. The lowest BCUT2D eigenvalue weighted by molar-refractivity contribution is -0.150. The monoisotopic (exact) mass is 318 g/mol. The minimum absolute atomic E-state index is 0.0282. The van der Waals surface area contributed by atoms with Crippen molar-refractivity contribution < 1.29 is 19.1 Å². The van der Waals surface area contributed by atoms with E-state index in [1.165, 1.54) is 0 Å². The highest BCUT2D eigenvalue weighted by Crippen LogP contribution is 2.17. The lowest BCUT2D eigenvalue weighted by atomic mass is 10.2. The quantitative estimate of drug-likeness (QED) is 0.752. The van der Waals surface area contributed by atoms with E-state index in [0.717, 1.165) is 5.56 Å². The number of hydrogen-bond acceptors (Lipinski definition) is 5. The molecule has 1 heterocycles. The van der Waals surface area contributed by atoms with Gasteiger partial charge in [-0.25, -0.2) is 4.79 Å². The Morgan fingerprint density at radius 3 is 2.48 bits per heavy atom. The summed E-state index contributed by atoms with van der Waals surface area (Å²) in [6, 6.07) is 7.54. The molecule has 2 rings (SSSR count). The fourth-order valence-electron chi connectivity index (χ4n) is 2.19. The van der Waals surface area contributed by atoms with E-state index in [9.17, 15) is 9.59 Å². The summed E-state index contributed by atoms with van der Waals surface area (Å²) in [5.41, 5.74) is 1.09. The number of esters is 1. The van der Waals surface area contributed by atoms with Crippen LogP contribution in [0.3, 0.4) is 0 Å². The number of rotatable bonds is 6. The Morgan fingerprint density at radius 1 is 1.22 bits per heavy atom. The molecule has 1 aromatic rings. The summed E-state index contributed by atoms with van der Waals surface area (Å²) in [7, 11) is 0. The molecule has 0 N–H and O–H groups in total. The Hall–Kier alpha value is -2.50. The Morgan fingerprint density at radius 2 is 1.91 bits per heavy atom. The zero-order valence-corrected chi connectivity index (χ0v) is 13.7. The van der Waals surface area contributed by atoms with Gasteiger partial charge >= 0.3 is 5.97 Å². The summed E-state index contributed by atoms with van der Waals surface area (Å²) in [6.45, 7) is 6.58. The van der Waals surface area contributed by atoms with E-state index in [0.29, 0.717) is 25.6 Å². The molecule has 0 aromatic heterocycles. The average molecular weight is 318 g/mol. The van der Waals surface area contributed by atoms with E-state index < -0.39 is 6.10 Å². The standard InChI is InChI=1S/C17H22N2O4/c1-4-22-17(21)13(2)23-16-7-5-15(6-8-16)11-18-9-10-19(12-18)14(3)20/h5-10,13H,4,11-12H2,1-3H3. The van der Waals surface area contributed by atoms with E-state index >= 15 is 0 Å². The van der Waals surface area contributed by atoms with E-state index in [4.69, 9.17) is 9.47 Å². The van der Waals surface area contributed by atoms with E-state index in [-0.39, 0.29) is 11.9 Å². The van der Waals surface area contributed by atoms with Gasteiger partial charge in [-0.05, 0) is 31.5 Å². The molecule has 0 spiro atoms. The number of benzene rings is 1. The maximum atomic E-state index is 11.5. The third-order valence-electron chi connectivity index (χ3n) is 3.44. The Bertz CT molecular complexity index is 583. The number of carbonyl (C=O) groups excluding carboxylic acids is 2. The first kappa shape index (κ1) is 16.9. The van der Waals surface area contributed by atoms with Crippen LogP contribution in [0.5, 0.6) is 5.75 Å². The van der Waals surface area contributed by atoms with Crippen LogP contribution in [0.4, 0.5) is 0 Å². The van der Waals surface area contributed by atoms with Crippen LogP contribution in [0.15, 0.2) is 36.7 Å². The summed E-state index contributed by atoms with van der Waals surface area (Å²) >= 11 is 0. The molecule has 1 aliphatic heterocycles. The Labute approximate surface area is 136 Å². The normalized spacial score (nSPS) is 14.7. The van der Waals surface area contributed by atoms with Gasteiger partial charge in [0.25, 0.3) is 0 Å². The molecule has 1 amide bonds. The maximum Gasteiger partial charge on any atom is 0.347 e. The van der Waals surface area contributed by atoms with Crippen molar-refractivity contribution in [1.29, 1.82) is 0 Å². The van der Waals surface area contributed by atoms with Crippen molar-refractivity contribution in [3.05, 3.63) is 42.2 Å². The van der Waals surface area contributed by atoms with Crippen molar-refractivity contribution in [2.75, 3.05) is 13.3 Å². The zero-order valence-electron chi connectivity index (χ0n) is 13.7. The second-order valence-corrected chi connectivity index (χ2v) is 5.33. The number of amides is 1. The van der Waals surface area contributed by atoms with Gasteiger partial charge < -0.3 is 14.4 Å². The molecule has 0 radical (unpaired) electrons. The second kappa shape index (κ2) is 7.67. The fraction of sp³-hybridized carbons (Fsp3) is 0.412. The molecule has 0 saturated carbocycles. The van der Waals surface area contributed by atoms with Crippen LogP contribution < -0.4 is 4.74 Å². The first-order valence-electron chi connectivity index (χ1n) is 7.61. The van der Waals surface area contributed by atoms with Gasteiger partial charge in [0.05, 0.1) is 13.3 Å². The molecule has 1 atom stereocenters. The molecule has 1 unspecified atom stereocenters. The Kier molecular flexibility index (Phi) is 5.62. The first-order chi connectivity index (χ1) is 11.0. The highest BCUT2D eigenvalue weighted by Gasteiger charge is 2.17. The van der Waals surface area contributed by atoms with Crippen LogP contribution in [-0.4, -0.2) is 41.1 Å². The summed E-state index contributed by atoms with van der Waals surface area (Å²) in [5.74, 6) is 0.278. The van der Waals surface area contributed by atoms with Crippen molar-refractivity contribution in [1.82, 2.24) is 9.80 Å². The minimum atomic E-state index is -0.633. The van der Waals surface area contributed by atoms with Crippen molar-refractivity contribution in [3.8, 4) is 5.75 Å². The molecule has 0 aliphatic carbocycles. The smallest absolute Gasteiger partial charge is 0.347 e. The molecule has 0 fully saturated rings. The molecule has 0 saturated heterocycles. The van der Waals surface area contributed by atoms with Gasteiger partial charge in [-0.1, -0.05) is 12.1 Å². The van der Waals surface area contributed by atoms with Crippen molar-refractivity contribution in [2.45, 2.75) is 33.4 Å². The van der Waals surface area contributed by atoms with Crippen LogP contribution >= 0.6 is 0 Å². The molecule has 1 aliphatic rings. The third kappa shape index (κ3) is 4.74.